The molecule has 1 spiro atoms. The number of pyridine rings is 2. The normalized spacial score (nSPS) is 23.4. The van der Waals surface area contributed by atoms with Gasteiger partial charge in [0, 0.05) is 81.3 Å². The third-order valence-electron chi connectivity index (χ3n) is 9.87. The molecule has 47 heavy (non-hydrogen) atoms. The van der Waals surface area contributed by atoms with Crippen LogP contribution >= 0.6 is 11.8 Å². The van der Waals surface area contributed by atoms with Crippen LogP contribution in [0, 0.1) is 5.41 Å². The van der Waals surface area contributed by atoms with Crippen molar-refractivity contribution in [3.05, 3.63) is 48.5 Å². The zero-order valence-corrected chi connectivity index (χ0v) is 27.4. The number of ether oxygens (including phenoxy) is 1. The number of rotatable bonds is 7. The number of nitrogen functional groups attached to an aromatic ring is 1. The molecule has 248 valence electrons. The summed E-state index contributed by atoms with van der Waals surface area (Å²) in [5.41, 5.74) is 14.6. The Hall–Kier alpha value is -4.05. The molecule has 4 fully saturated rings. The quantitative estimate of drug-likeness (QED) is 0.337. The summed E-state index contributed by atoms with van der Waals surface area (Å²) in [4.78, 5) is 51.6. The number of amides is 3. The molecule has 0 unspecified atom stereocenters. The molecule has 0 radical (unpaired) electrons. The molecule has 15 heteroatoms. The summed E-state index contributed by atoms with van der Waals surface area (Å²) in [5.74, 6) is 1.89. The highest BCUT2D eigenvalue weighted by Gasteiger charge is 2.47. The number of carbonyl (C=O) groups excluding carboxylic acids is 2. The van der Waals surface area contributed by atoms with Gasteiger partial charge >= 0.3 is 6.03 Å². The number of urea groups is 1. The Balaban J connectivity index is 0.909. The van der Waals surface area contributed by atoms with Crippen LogP contribution in [0.15, 0.2) is 52.8 Å². The maximum atomic E-state index is 12.1. The van der Waals surface area contributed by atoms with Crippen molar-refractivity contribution in [2.75, 3.05) is 72.9 Å². The molecule has 0 saturated carbocycles. The van der Waals surface area contributed by atoms with Crippen LogP contribution in [0.4, 0.5) is 27.9 Å². The van der Waals surface area contributed by atoms with Crippen LogP contribution in [0.5, 0.6) is 0 Å². The monoisotopic (exact) mass is 659 g/mol. The summed E-state index contributed by atoms with van der Waals surface area (Å²) in [6, 6.07) is 7.55. The average molecular weight is 660 g/mol. The van der Waals surface area contributed by atoms with Crippen LogP contribution in [0.3, 0.4) is 0 Å². The molecule has 4 aliphatic rings. The highest BCUT2D eigenvalue weighted by molar-refractivity contribution is 7.99. The fourth-order valence-corrected chi connectivity index (χ4v) is 7.63. The van der Waals surface area contributed by atoms with Gasteiger partial charge in [-0.2, -0.15) is 0 Å². The molecule has 3 aromatic heterocycles. The van der Waals surface area contributed by atoms with E-state index in [1.54, 1.807) is 11.1 Å². The number of nitrogens with zero attached hydrogens (tertiary/aromatic N) is 8. The fourth-order valence-electron chi connectivity index (χ4n) is 6.86. The summed E-state index contributed by atoms with van der Waals surface area (Å²) in [6.45, 7) is 9.01. The molecule has 0 aliphatic carbocycles. The fraction of sp³-hybridized carbons (Fsp3) is 0.500. The lowest BCUT2D eigenvalue weighted by Crippen LogP contribution is -2.50. The Morgan fingerprint density at radius 1 is 0.979 bits per heavy atom. The predicted molar refractivity (Wildman–Crippen MR) is 179 cm³/mol. The van der Waals surface area contributed by atoms with Gasteiger partial charge in [0.15, 0.2) is 5.82 Å². The van der Waals surface area contributed by atoms with Crippen LogP contribution in [-0.4, -0.2) is 101 Å². The van der Waals surface area contributed by atoms with E-state index in [1.165, 1.54) is 11.8 Å². The van der Waals surface area contributed by atoms with Gasteiger partial charge in [-0.05, 0) is 44.0 Å². The van der Waals surface area contributed by atoms with E-state index in [0.717, 1.165) is 87.5 Å². The standard InChI is InChI=1S/C32H41N11O3S/c1-21-28(33)32(20-46-21)6-10-41(11-7-32)26-18-37-30(29(34)38-26)47-24-4-8-35-25(16-24)42-14-12-40(13-15-42)19-22-2-3-23(17-36-22)43-9-5-27(44)39-31(43)45/h2-4,8,16-18,21,28H,5-7,9-15,19-20,33H2,1H3,(H2,34,38)(H,39,44,45)/t21-,28+/m0/s1. The topological polar surface area (TPSA) is 172 Å². The van der Waals surface area contributed by atoms with E-state index in [2.05, 4.69) is 43.0 Å². The Kier molecular flexibility index (Phi) is 8.87. The van der Waals surface area contributed by atoms with Crippen LogP contribution < -0.4 is 31.5 Å². The van der Waals surface area contributed by atoms with E-state index >= 15 is 0 Å². The highest BCUT2D eigenvalue weighted by atomic mass is 32.2. The van der Waals surface area contributed by atoms with E-state index in [0.29, 0.717) is 23.1 Å². The molecule has 4 aliphatic heterocycles. The average Bonchev–Trinajstić information content (AvgIpc) is 3.35. The van der Waals surface area contributed by atoms with Gasteiger partial charge in [-0.25, -0.2) is 19.7 Å². The second-order valence-corrected chi connectivity index (χ2v) is 13.8. The molecular weight excluding hydrogens is 618 g/mol. The number of imide groups is 1. The molecule has 7 rings (SSSR count). The van der Waals surface area contributed by atoms with E-state index in [-0.39, 0.29) is 29.9 Å². The van der Waals surface area contributed by atoms with Crippen LogP contribution in [0.2, 0.25) is 0 Å². The minimum absolute atomic E-state index is 0.0550. The minimum atomic E-state index is -0.403. The zero-order chi connectivity index (χ0) is 32.5. The van der Waals surface area contributed by atoms with Crippen molar-refractivity contribution >= 4 is 46.8 Å². The van der Waals surface area contributed by atoms with Gasteiger partial charge < -0.3 is 26.0 Å². The van der Waals surface area contributed by atoms with Gasteiger partial charge in [-0.1, -0.05) is 11.8 Å². The molecule has 0 bridgehead atoms. The lowest BCUT2D eigenvalue weighted by atomic mass is 9.73. The number of aromatic nitrogens is 4. The Morgan fingerprint density at radius 3 is 2.45 bits per heavy atom. The SMILES string of the molecule is C[C@@H]1OCC2(CCN(c3cnc(Sc4ccnc(N5CCN(Cc6ccc(N7CCC(=O)NC7=O)cn6)CC5)c4)c(N)n3)CC2)[C@@H]1N. The summed E-state index contributed by atoms with van der Waals surface area (Å²) in [6.07, 6.45) is 7.68. The number of hydrogen-bond acceptors (Lipinski definition) is 13. The molecule has 7 heterocycles. The van der Waals surface area contributed by atoms with Crippen molar-refractivity contribution in [2.45, 2.75) is 54.8 Å². The van der Waals surface area contributed by atoms with Crippen molar-refractivity contribution in [3.8, 4) is 0 Å². The van der Waals surface area contributed by atoms with Gasteiger partial charge in [0.05, 0.1) is 36.5 Å². The van der Waals surface area contributed by atoms with Crippen molar-refractivity contribution < 1.29 is 14.3 Å². The second kappa shape index (κ2) is 13.2. The number of piperidine rings is 1. The van der Waals surface area contributed by atoms with Gasteiger partial charge in [0.2, 0.25) is 5.91 Å². The third kappa shape index (κ3) is 6.70. The summed E-state index contributed by atoms with van der Waals surface area (Å²) < 4.78 is 5.86. The largest absolute Gasteiger partial charge is 0.381 e. The first-order chi connectivity index (χ1) is 22.8. The first-order valence-electron chi connectivity index (χ1n) is 16.2. The zero-order valence-electron chi connectivity index (χ0n) is 26.5. The molecule has 2 atom stereocenters. The number of nitrogens with one attached hydrogen (secondary N) is 1. The van der Waals surface area contributed by atoms with Crippen molar-refractivity contribution in [1.29, 1.82) is 0 Å². The number of carbonyl (C=O) groups is 2. The van der Waals surface area contributed by atoms with E-state index < -0.39 is 6.03 Å². The van der Waals surface area contributed by atoms with Crippen molar-refractivity contribution in [3.63, 3.8) is 0 Å². The smallest absolute Gasteiger partial charge is 0.328 e. The minimum Gasteiger partial charge on any atom is -0.381 e. The molecule has 3 aromatic rings. The number of nitrogens with two attached hydrogens (primary N) is 2. The summed E-state index contributed by atoms with van der Waals surface area (Å²) in [5, 5.41) is 3.03. The number of hydrogen-bond donors (Lipinski definition) is 3. The lowest BCUT2D eigenvalue weighted by molar-refractivity contribution is -0.120. The van der Waals surface area contributed by atoms with Gasteiger partial charge in [-0.15, -0.1) is 0 Å². The van der Waals surface area contributed by atoms with Gasteiger partial charge in [0.1, 0.15) is 16.7 Å². The molecule has 3 amide bonds. The summed E-state index contributed by atoms with van der Waals surface area (Å²) >= 11 is 1.50. The maximum Gasteiger partial charge on any atom is 0.328 e. The summed E-state index contributed by atoms with van der Waals surface area (Å²) in [7, 11) is 0. The highest BCUT2D eigenvalue weighted by Crippen LogP contribution is 2.42. The van der Waals surface area contributed by atoms with E-state index in [9.17, 15) is 9.59 Å². The van der Waals surface area contributed by atoms with Gasteiger partial charge in [-0.3, -0.25) is 24.9 Å². The van der Waals surface area contributed by atoms with E-state index in [1.807, 2.05) is 30.6 Å². The molecular formula is C32H41N11O3S. The number of anilines is 4. The molecule has 14 nitrogen and oxygen atoms in total. The Labute approximate surface area is 278 Å². The lowest BCUT2D eigenvalue weighted by Gasteiger charge is -2.41. The Bertz CT molecular complexity index is 1610. The molecule has 0 aromatic carbocycles. The van der Waals surface area contributed by atoms with E-state index in [4.69, 9.17) is 26.2 Å². The predicted octanol–water partition coefficient (Wildman–Crippen LogP) is 2.10. The second-order valence-electron chi connectivity index (χ2n) is 12.8. The van der Waals surface area contributed by atoms with Crippen LogP contribution in [0.25, 0.3) is 0 Å². The first kappa shape index (κ1) is 31.5. The van der Waals surface area contributed by atoms with Crippen molar-refractivity contribution in [1.82, 2.24) is 30.2 Å². The third-order valence-corrected chi connectivity index (χ3v) is 10.9. The first-order valence-corrected chi connectivity index (χ1v) is 17.0. The molecule has 5 N–H and O–H groups in total. The van der Waals surface area contributed by atoms with Crippen LogP contribution in [-0.2, 0) is 16.1 Å². The van der Waals surface area contributed by atoms with Gasteiger partial charge in [0.25, 0.3) is 0 Å². The van der Waals surface area contributed by atoms with Crippen molar-refractivity contribution in [2.24, 2.45) is 11.1 Å². The van der Waals surface area contributed by atoms with Crippen LogP contribution in [0.1, 0.15) is 31.9 Å². The maximum absolute atomic E-state index is 12.1. The molecule has 4 saturated heterocycles. The number of piperazine rings is 1. The Morgan fingerprint density at radius 2 is 1.77 bits per heavy atom.